The zero-order chi connectivity index (χ0) is 19.2. The summed E-state index contributed by atoms with van der Waals surface area (Å²) in [5.74, 6) is 0.114. The maximum Gasteiger partial charge on any atom is 0.191 e. The van der Waals surface area contributed by atoms with E-state index in [0.29, 0.717) is 30.4 Å². The van der Waals surface area contributed by atoms with E-state index in [0.717, 1.165) is 6.42 Å². The summed E-state index contributed by atoms with van der Waals surface area (Å²) in [7, 11) is 1.63. The van der Waals surface area contributed by atoms with Crippen LogP contribution in [0.25, 0.3) is 0 Å². The lowest BCUT2D eigenvalue weighted by Crippen LogP contribution is -2.44. The highest BCUT2D eigenvalue weighted by Crippen LogP contribution is 2.20. The van der Waals surface area contributed by atoms with E-state index in [1.165, 1.54) is 12.1 Å². The van der Waals surface area contributed by atoms with E-state index >= 15 is 0 Å². The van der Waals surface area contributed by atoms with Gasteiger partial charge in [-0.3, -0.25) is 4.99 Å². The van der Waals surface area contributed by atoms with E-state index in [-0.39, 0.29) is 47.9 Å². The molecule has 1 unspecified atom stereocenters. The van der Waals surface area contributed by atoms with Gasteiger partial charge in [0.25, 0.3) is 0 Å². The van der Waals surface area contributed by atoms with E-state index in [1.54, 1.807) is 31.4 Å². The minimum absolute atomic E-state index is 0. The first-order chi connectivity index (χ1) is 13.1. The maximum atomic E-state index is 14.0. The maximum absolute atomic E-state index is 14.0. The molecule has 1 saturated heterocycles. The van der Waals surface area contributed by atoms with Gasteiger partial charge in [0.05, 0.1) is 11.6 Å². The van der Waals surface area contributed by atoms with Crippen LogP contribution in [0.15, 0.2) is 41.5 Å². The highest BCUT2D eigenvalue weighted by atomic mass is 127. The van der Waals surface area contributed by atoms with Gasteiger partial charge in [0.2, 0.25) is 0 Å². The quantitative estimate of drug-likeness (QED) is 0.386. The number of hydrogen-bond acceptors (Lipinski definition) is 4. The smallest absolute Gasteiger partial charge is 0.191 e. The third-order valence-corrected chi connectivity index (χ3v) is 4.42. The number of nitriles is 1. The molecule has 2 aromatic rings. The van der Waals surface area contributed by atoms with Crippen LogP contribution < -0.4 is 15.5 Å². The summed E-state index contributed by atoms with van der Waals surface area (Å²) < 4.78 is 27.9. The summed E-state index contributed by atoms with van der Waals surface area (Å²) in [5.41, 5.74) is 0.729. The highest BCUT2D eigenvalue weighted by Gasteiger charge is 2.25. The van der Waals surface area contributed by atoms with Crippen LogP contribution >= 0.6 is 24.0 Å². The van der Waals surface area contributed by atoms with Crippen LogP contribution in [0.5, 0.6) is 0 Å². The van der Waals surface area contributed by atoms with E-state index < -0.39 is 5.82 Å². The Morgan fingerprint density at radius 1 is 1.36 bits per heavy atom. The Hall–Kier alpha value is -2.48. The van der Waals surface area contributed by atoms with Gasteiger partial charge in [-0.2, -0.15) is 5.26 Å². The first-order valence-corrected chi connectivity index (χ1v) is 8.62. The van der Waals surface area contributed by atoms with Gasteiger partial charge in [0.1, 0.15) is 5.82 Å². The first-order valence-electron chi connectivity index (χ1n) is 8.62. The number of benzene rings is 1. The van der Waals surface area contributed by atoms with Crippen molar-refractivity contribution in [3.8, 4) is 6.07 Å². The summed E-state index contributed by atoms with van der Waals surface area (Å²) in [6, 6.07) is 9.31. The van der Waals surface area contributed by atoms with Crippen molar-refractivity contribution in [3.63, 3.8) is 0 Å². The van der Waals surface area contributed by atoms with Gasteiger partial charge < -0.3 is 15.5 Å². The van der Waals surface area contributed by atoms with Gasteiger partial charge in [-0.15, -0.1) is 24.0 Å². The summed E-state index contributed by atoms with van der Waals surface area (Å²) >= 11 is 0. The Balaban J connectivity index is 0.00000280. The van der Waals surface area contributed by atoms with Gasteiger partial charge in [0.15, 0.2) is 17.6 Å². The van der Waals surface area contributed by atoms with Crippen molar-refractivity contribution in [2.75, 3.05) is 25.0 Å². The number of halogens is 3. The van der Waals surface area contributed by atoms with Crippen molar-refractivity contribution in [2.24, 2.45) is 4.99 Å². The Morgan fingerprint density at radius 2 is 2.18 bits per heavy atom. The molecule has 1 aliphatic heterocycles. The molecular weight excluding hydrogens is 477 g/mol. The Morgan fingerprint density at radius 3 is 2.86 bits per heavy atom. The largest absolute Gasteiger partial charge is 0.352 e. The first kappa shape index (κ1) is 21.8. The van der Waals surface area contributed by atoms with Crippen LogP contribution in [-0.4, -0.2) is 37.1 Å². The normalized spacial score (nSPS) is 16.3. The van der Waals surface area contributed by atoms with Crippen molar-refractivity contribution in [1.29, 1.82) is 5.26 Å². The third kappa shape index (κ3) is 5.28. The van der Waals surface area contributed by atoms with Crippen LogP contribution in [0.3, 0.4) is 0 Å². The summed E-state index contributed by atoms with van der Waals surface area (Å²) in [6.45, 7) is 1.52. The molecule has 0 aliphatic carbocycles. The standard InChI is InChI=1S/C19H20F2N6.HI/c1-23-19(25-11-14-5-4-13(10-22)9-17(14)21)26-15-6-8-27(12-15)18-16(20)3-2-7-24-18;/h2-5,7,9,15H,6,8,11-12H2,1H3,(H2,23,25,26);1H. The second kappa shape index (κ2) is 10.2. The Labute approximate surface area is 179 Å². The molecule has 1 atom stereocenters. The van der Waals surface area contributed by atoms with E-state index in [2.05, 4.69) is 20.6 Å². The lowest BCUT2D eigenvalue weighted by Gasteiger charge is -2.20. The second-order valence-electron chi connectivity index (χ2n) is 6.23. The average Bonchev–Trinajstić information content (AvgIpc) is 3.14. The summed E-state index contributed by atoms with van der Waals surface area (Å²) in [4.78, 5) is 10.2. The fourth-order valence-electron chi connectivity index (χ4n) is 3.01. The zero-order valence-electron chi connectivity index (χ0n) is 15.3. The molecule has 6 nitrogen and oxygen atoms in total. The number of aromatic nitrogens is 1. The number of nitrogens with one attached hydrogen (secondary N) is 2. The number of anilines is 1. The molecule has 1 aromatic heterocycles. The number of hydrogen-bond donors (Lipinski definition) is 2. The van der Waals surface area contributed by atoms with Gasteiger partial charge in [0, 0.05) is 44.5 Å². The monoisotopic (exact) mass is 498 g/mol. The molecule has 0 spiro atoms. The minimum Gasteiger partial charge on any atom is -0.352 e. The molecule has 1 aromatic carbocycles. The molecule has 28 heavy (non-hydrogen) atoms. The van der Waals surface area contributed by atoms with Crippen molar-refractivity contribution in [2.45, 2.75) is 19.0 Å². The van der Waals surface area contributed by atoms with Crippen molar-refractivity contribution < 1.29 is 8.78 Å². The molecule has 1 fully saturated rings. The highest BCUT2D eigenvalue weighted by molar-refractivity contribution is 14.0. The second-order valence-corrected chi connectivity index (χ2v) is 6.23. The Kier molecular flexibility index (Phi) is 7.92. The summed E-state index contributed by atoms with van der Waals surface area (Å²) in [6.07, 6.45) is 2.38. The number of rotatable bonds is 4. The van der Waals surface area contributed by atoms with E-state index in [4.69, 9.17) is 5.26 Å². The number of nitrogens with zero attached hydrogens (tertiary/aromatic N) is 4. The molecule has 9 heteroatoms. The molecule has 148 valence electrons. The molecule has 0 saturated carbocycles. The Bertz CT molecular complexity index is 883. The van der Waals surface area contributed by atoms with Gasteiger partial charge >= 0.3 is 0 Å². The predicted octanol–water partition coefficient (Wildman–Crippen LogP) is 2.79. The number of aliphatic imine (C=N–C) groups is 1. The molecule has 2 N–H and O–H groups in total. The number of guanidine groups is 1. The van der Waals surface area contributed by atoms with Gasteiger partial charge in [-0.05, 0) is 30.7 Å². The molecule has 0 bridgehead atoms. The minimum atomic E-state index is -0.435. The average molecular weight is 498 g/mol. The molecule has 1 aliphatic rings. The van der Waals surface area contributed by atoms with Crippen LogP contribution in [0, 0.1) is 23.0 Å². The van der Waals surface area contributed by atoms with Crippen molar-refractivity contribution in [3.05, 3.63) is 59.3 Å². The molecule has 2 heterocycles. The van der Waals surface area contributed by atoms with E-state index in [1.807, 2.05) is 11.0 Å². The topological polar surface area (TPSA) is 76.3 Å². The molecule has 0 amide bonds. The van der Waals surface area contributed by atoms with Crippen molar-refractivity contribution in [1.82, 2.24) is 15.6 Å². The lowest BCUT2D eigenvalue weighted by atomic mass is 10.1. The fraction of sp³-hybridized carbons (Fsp3) is 0.316. The summed E-state index contributed by atoms with van der Waals surface area (Å²) in [5, 5.41) is 15.1. The predicted molar refractivity (Wildman–Crippen MR) is 115 cm³/mol. The SMILES string of the molecule is CN=C(NCc1ccc(C#N)cc1F)NC1CCN(c2ncccc2F)C1.I. The lowest BCUT2D eigenvalue weighted by molar-refractivity contribution is 0.599. The molecule has 0 radical (unpaired) electrons. The fourth-order valence-corrected chi connectivity index (χ4v) is 3.01. The van der Waals surface area contributed by atoms with Gasteiger partial charge in [-0.1, -0.05) is 6.07 Å². The number of pyridine rings is 1. The van der Waals surface area contributed by atoms with Gasteiger partial charge in [-0.25, -0.2) is 13.8 Å². The van der Waals surface area contributed by atoms with Crippen LogP contribution in [0.4, 0.5) is 14.6 Å². The molecular formula is C19H21F2IN6. The third-order valence-electron chi connectivity index (χ3n) is 4.42. The zero-order valence-corrected chi connectivity index (χ0v) is 17.7. The van der Waals surface area contributed by atoms with E-state index in [9.17, 15) is 8.78 Å². The van der Waals surface area contributed by atoms with Crippen LogP contribution in [-0.2, 0) is 6.54 Å². The van der Waals surface area contributed by atoms with Crippen molar-refractivity contribution >= 4 is 35.8 Å². The van der Waals surface area contributed by atoms with Crippen LogP contribution in [0.1, 0.15) is 17.5 Å². The van der Waals surface area contributed by atoms with Crippen LogP contribution in [0.2, 0.25) is 0 Å². The molecule has 3 rings (SSSR count).